The van der Waals surface area contributed by atoms with Gasteiger partial charge in [0, 0.05) is 28.4 Å². The largest absolute Gasteiger partial charge is 0.497 e. The van der Waals surface area contributed by atoms with Gasteiger partial charge in [0.1, 0.15) is 5.75 Å². The molecule has 0 aliphatic heterocycles. The van der Waals surface area contributed by atoms with Gasteiger partial charge in [0.25, 0.3) is 0 Å². The maximum Gasteiger partial charge on any atom is 0.120 e. The molecule has 1 fully saturated rings. The topological polar surface area (TPSA) is 14.2 Å². The third-order valence-electron chi connectivity index (χ3n) is 5.11. The predicted octanol–water partition coefficient (Wildman–Crippen LogP) is 5.70. The standard InChI is InChI=1S/C20H23NO/c1-22-16-12-13-18-17-10-6-7-11-19(17)21(20(18)14-16)15-8-4-2-3-5-9-15/h6-7,10-15H,2-5,8-9H2,1H3. The molecule has 1 aliphatic carbocycles. The molecular weight excluding hydrogens is 270 g/mol. The van der Waals surface area contributed by atoms with E-state index in [4.69, 9.17) is 4.74 Å². The second-order valence-electron chi connectivity index (χ2n) is 6.42. The summed E-state index contributed by atoms with van der Waals surface area (Å²) in [6.45, 7) is 0. The number of rotatable bonds is 2. The molecule has 0 saturated heterocycles. The van der Waals surface area contributed by atoms with Gasteiger partial charge in [0.2, 0.25) is 0 Å². The molecule has 0 radical (unpaired) electrons. The van der Waals surface area contributed by atoms with Crippen LogP contribution in [0.5, 0.6) is 5.75 Å². The van der Waals surface area contributed by atoms with Crippen molar-refractivity contribution in [2.45, 2.75) is 44.6 Å². The Morgan fingerprint density at radius 2 is 1.59 bits per heavy atom. The molecule has 3 aromatic rings. The van der Waals surface area contributed by atoms with Crippen molar-refractivity contribution in [3.05, 3.63) is 42.5 Å². The number of benzene rings is 2. The van der Waals surface area contributed by atoms with E-state index in [0.29, 0.717) is 6.04 Å². The fraction of sp³-hybridized carbons (Fsp3) is 0.400. The molecule has 114 valence electrons. The van der Waals surface area contributed by atoms with Gasteiger partial charge in [-0.1, -0.05) is 43.9 Å². The van der Waals surface area contributed by atoms with Crippen molar-refractivity contribution in [2.24, 2.45) is 0 Å². The van der Waals surface area contributed by atoms with E-state index in [9.17, 15) is 0 Å². The Morgan fingerprint density at radius 1 is 0.864 bits per heavy atom. The van der Waals surface area contributed by atoms with Crippen LogP contribution in [0.2, 0.25) is 0 Å². The highest BCUT2D eigenvalue weighted by molar-refractivity contribution is 6.08. The summed E-state index contributed by atoms with van der Waals surface area (Å²) in [4.78, 5) is 0. The Hall–Kier alpha value is -1.96. The molecule has 0 N–H and O–H groups in total. The number of fused-ring (bicyclic) bond motifs is 3. The highest BCUT2D eigenvalue weighted by Crippen LogP contribution is 2.38. The van der Waals surface area contributed by atoms with Gasteiger partial charge in [-0.05, 0) is 31.0 Å². The van der Waals surface area contributed by atoms with E-state index >= 15 is 0 Å². The third-order valence-corrected chi connectivity index (χ3v) is 5.11. The second-order valence-corrected chi connectivity index (χ2v) is 6.42. The second kappa shape index (κ2) is 5.68. The number of hydrogen-bond acceptors (Lipinski definition) is 1. The Morgan fingerprint density at radius 3 is 2.36 bits per heavy atom. The Labute approximate surface area is 131 Å². The average molecular weight is 293 g/mol. The summed E-state index contributed by atoms with van der Waals surface area (Å²) in [5.41, 5.74) is 2.70. The summed E-state index contributed by atoms with van der Waals surface area (Å²) in [6.07, 6.45) is 8.06. The lowest BCUT2D eigenvalue weighted by Gasteiger charge is -2.19. The molecule has 0 atom stereocenters. The maximum absolute atomic E-state index is 5.47. The zero-order valence-corrected chi connectivity index (χ0v) is 13.2. The lowest BCUT2D eigenvalue weighted by molar-refractivity contribution is 0.414. The molecule has 1 heterocycles. The van der Waals surface area contributed by atoms with Crippen LogP contribution in [-0.2, 0) is 0 Å². The fourth-order valence-electron chi connectivity index (χ4n) is 4.02. The molecule has 2 aromatic carbocycles. The quantitative estimate of drug-likeness (QED) is 0.553. The highest BCUT2D eigenvalue weighted by atomic mass is 16.5. The highest BCUT2D eigenvalue weighted by Gasteiger charge is 2.19. The van der Waals surface area contributed by atoms with Crippen LogP contribution in [0.4, 0.5) is 0 Å². The summed E-state index contributed by atoms with van der Waals surface area (Å²) in [7, 11) is 1.75. The van der Waals surface area contributed by atoms with E-state index in [2.05, 4.69) is 47.0 Å². The van der Waals surface area contributed by atoms with Crippen molar-refractivity contribution in [1.29, 1.82) is 0 Å². The first-order chi connectivity index (χ1) is 10.9. The lowest BCUT2D eigenvalue weighted by Crippen LogP contribution is -2.07. The number of hydrogen-bond donors (Lipinski definition) is 0. The molecule has 0 spiro atoms. The molecule has 0 amide bonds. The first-order valence-corrected chi connectivity index (χ1v) is 8.45. The van der Waals surface area contributed by atoms with E-state index in [1.54, 1.807) is 7.11 Å². The number of nitrogens with zero attached hydrogens (tertiary/aromatic N) is 1. The van der Waals surface area contributed by atoms with Crippen molar-refractivity contribution in [2.75, 3.05) is 7.11 Å². The lowest BCUT2D eigenvalue weighted by atomic mass is 10.1. The molecule has 0 unspecified atom stereocenters. The van der Waals surface area contributed by atoms with Crippen molar-refractivity contribution in [1.82, 2.24) is 4.57 Å². The Kier molecular flexibility index (Phi) is 3.53. The minimum absolute atomic E-state index is 0.622. The summed E-state index contributed by atoms with van der Waals surface area (Å²) in [5, 5.41) is 2.71. The Balaban J connectivity index is 1.99. The van der Waals surface area contributed by atoms with Crippen LogP contribution in [0.3, 0.4) is 0 Å². The van der Waals surface area contributed by atoms with E-state index in [-0.39, 0.29) is 0 Å². The molecule has 4 rings (SSSR count). The van der Waals surface area contributed by atoms with Gasteiger partial charge in [-0.2, -0.15) is 0 Å². The molecular formula is C20H23NO. The molecule has 2 heteroatoms. The first-order valence-electron chi connectivity index (χ1n) is 8.45. The van der Waals surface area contributed by atoms with E-state index in [1.807, 2.05) is 0 Å². The molecule has 0 bridgehead atoms. The summed E-state index contributed by atoms with van der Waals surface area (Å²) in [5.74, 6) is 0.949. The van der Waals surface area contributed by atoms with Crippen molar-refractivity contribution >= 4 is 21.8 Å². The SMILES string of the molecule is COc1ccc2c3ccccc3n(C3CCCCCC3)c2c1. The molecule has 1 aromatic heterocycles. The smallest absolute Gasteiger partial charge is 0.120 e. The zero-order valence-electron chi connectivity index (χ0n) is 13.2. The van der Waals surface area contributed by atoms with Gasteiger partial charge in [-0.15, -0.1) is 0 Å². The van der Waals surface area contributed by atoms with Crippen LogP contribution in [0, 0.1) is 0 Å². The van der Waals surface area contributed by atoms with Crippen LogP contribution < -0.4 is 4.74 Å². The van der Waals surface area contributed by atoms with Crippen molar-refractivity contribution in [3.63, 3.8) is 0 Å². The van der Waals surface area contributed by atoms with Crippen molar-refractivity contribution < 1.29 is 4.74 Å². The van der Waals surface area contributed by atoms with Gasteiger partial charge >= 0.3 is 0 Å². The summed E-state index contributed by atoms with van der Waals surface area (Å²) in [6, 6.07) is 15.9. The minimum Gasteiger partial charge on any atom is -0.497 e. The van der Waals surface area contributed by atoms with Crippen LogP contribution in [0.1, 0.15) is 44.6 Å². The van der Waals surface area contributed by atoms with E-state index < -0.39 is 0 Å². The molecule has 2 nitrogen and oxygen atoms in total. The van der Waals surface area contributed by atoms with Crippen molar-refractivity contribution in [3.8, 4) is 5.75 Å². The van der Waals surface area contributed by atoms with Gasteiger partial charge < -0.3 is 9.30 Å². The summed E-state index contributed by atoms with van der Waals surface area (Å²) >= 11 is 0. The maximum atomic E-state index is 5.47. The van der Waals surface area contributed by atoms with Crippen LogP contribution in [-0.4, -0.2) is 11.7 Å². The molecule has 1 saturated carbocycles. The number of methoxy groups -OCH3 is 1. The van der Waals surface area contributed by atoms with Gasteiger partial charge in [-0.3, -0.25) is 0 Å². The van der Waals surface area contributed by atoms with Crippen LogP contribution in [0.25, 0.3) is 21.8 Å². The Bertz CT molecular complexity index is 794. The van der Waals surface area contributed by atoms with E-state index in [1.165, 1.54) is 60.3 Å². The molecule has 1 aliphatic rings. The monoisotopic (exact) mass is 293 g/mol. The van der Waals surface area contributed by atoms with Crippen LogP contribution in [0.15, 0.2) is 42.5 Å². The van der Waals surface area contributed by atoms with Gasteiger partial charge in [0.05, 0.1) is 12.6 Å². The van der Waals surface area contributed by atoms with E-state index in [0.717, 1.165) is 5.75 Å². The molecule has 22 heavy (non-hydrogen) atoms. The number of aromatic nitrogens is 1. The van der Waals surface area contributed by atoms with Gasteiger partial charge in [-0.25, -0.2) is 0 Å². The van der Waals surface area contributed by atoms with Gasteiger partial charge in [0.15, 0.2) is 0 Å². The first kappa shape index (κ1) is 13.7. The number of para-hydroxylation sites is 1. The average Bonchev–Trinajstić information content (AvgIpc) is 2.72. The normalized spacial score (nSPS) is 17.0. The predicted molar refractivity (Wildman–Crippen MR) is 92.7 cm³/mol. The third kappa shape index (κ3) is 2.18. The number of ether oxygens (including phenoxy) is 1. The fourth-order valence-corrected chi connectivity index (χ4v) is 4.02. The minimum atomic E-state index is 0.622. The van der Waals surface area contributed by atoms with Crippen LogP contribution >= 0.6 is 0 Å². The summed E-state index contributed by atoms with van der Waals surface area (Å²) < 4.78 is 8.05. The zero-order chi connectivity index (χ0) is 14.9.